The summed E-state index contributed by atoms with van der Waals surface area (Å²) >= 11 is 0. The zero-order valence-electron chi connectivity index (χ0n) is 10.6. The Bertz CT molecular complexity index is 579. The summed E-state index contributed by atoms with van der Waals surface area (Å²) in [5.41, 5.74) is 1.83. The Hall–Kier alpha value is -2.01. The number of rotatable bonds is 3. The summed E-state index contributed by atoms with van der Waals surface area (Å²) in [5.74, 6) is 0. The van der Waals surface area contributed by atoms with E-state index in [0.29, 0.717) is 6.04 Å². The molecule has 1 saturated heterocycles. The molecule has 0 saturated carbocycles. The highest BCUT2D eigenvalue weighted by Crippen LogP contribution is 2.16. The molecule has 5 heteroatoms. The first-order valence-corrected chi connectivity index (χ1v) is 6.54. The van der Waals surface area contributed by atoms with Crippen LogP contribution in [0.3, 0.4) is 0 Å². The number of anilines is 1. The monoisotopic (exact) mass is 259 g/mol. The zero-order valence-corrected chi connectivity index (χ0v) is 10.6. The summed E-state index contributed by atoms with van der Waals surface area (Å²) in [6.45, 7) is 1.66. The Morgan fingerprint density at radius 1 is 1.21 bits per heavy atom. The zero-order chi connectivity index (χ0) is 13.1. The van der Waals surface area contributed by atoms with Crippen molar-refractivity contribution >= 4 is 5.69 Å². The van der Waals surface area contributed by atoms with Gasteiger partial charge in [0.25, 0.3) is 0 Å². The molecule has 100 valence electrons. The molecule has 1 aromatic heterocycles. The number of nitrogens with one attached hydrogen (secondary N) is 2. The second kappa shape index (κ2) is 5.32. The Kier molecular flexibility index (Phi) is 3.37. The molecular formula is C14H17N3O2. The molecule has 0 aliphatic carbocycles. The van der Waals surface area contributed by atoms with Crippen LogP contribution in [0.15, 0.2) is 41.5 Å². The van der Waals surface area contributed by atoms with Gasteiger partial charge in [-0.1, -0.05) is 0 Å². The third-order valence-electron chi connectivity index (χ3n) is 3.39. The minimum absolute atomic E-state index is 0.120. The smallest absolute Gasteiger partial charge is 0.330 e. The van der Waals surface area contributed by atoms with Gasteiger partial charge in [-0.05, 0) is 37.1 Å². The molecule has 2 aromatic rings. The third kappa shape index (κ3) is 2.71. The van der Waals surface area contributed by atoms with Crippen molar-refractivity contribution in [2.45, 2.75) is 18.9 Å². The summed E-state index contributed by atoms with van der Waals surface area (Å²) < 4.78 is 6.92. The van der Waals surface area contributed by atoms with E-state index < -0.39 is 0 Å². The first-order valence-electron chi connectivity index (χ1n) is 6.54. The second-order valence-electron chi connectivity index (χ2n) is 4.71. The van der Waals surface area contributed by atoms with Crippen LogP contribution in [-0.4, -0.2) is 28.8 Å². The van der Waals surface area contributed by atoms with Gasteiger partial charge in [0.15, 0.2) is 0 Å². The average Bonchev–Trinajstić information content (AvgIpc) is 2.87. The molecule has 19 heavy (non-hydrogen) atoms. The SMILES string of the molecule is O=c1[nH]ccn1-c1ccc(NC2CCOCC2)cc1. The van der Waals surface area contributed by atoms with E-state index >= 15 is 0 Å². The summed E-state index contributed by atoms with van der Waals surface area (Å²) in [6.07, 6.45) is 5.44. The lowest BCUT2D eigenvalue weighted by Gasteiger charge is -2.24. The van der Waals surface area contributed by atoms with Crippen molar-refractivity contribution in [3.63, 3.8) is 0 Å². The van der Waals surface area contributed by atoms with Crippen molar-refractivity contribution in [2.24, 2.45) is 0 Å². The van der Waals surface area contributed by atoms with E-state index in [4.69, 9.17) is 4.74 Å². The molecule has 1 aliphatic heterocycles. The van der Waals surface area contributed by atoms with Crippen LogP contribution in [-0.2, 0) is 4.74 Å². The average molecular weight is 259 g/mol. The highest BCUT2D eigenvalue weighted by molar-refractivity contribution is 5.49. The van der Waals surface area contributed by atoms with Crippen molar-refractivity contribution in [3.05, 3.63) is 47.1 Å². The molecule has 0 bridgehead atoms. The minimum Gasteiger partial charge on any atom is -0.382 e. The number of H-pyrrole nitrogens is 1. The molecule has 0 radical (unpaired) electrons. The van der Waals surface area contributed by atoms with Crippen molar-refractivity contribution in [3.8, 4) is 5.69 Å². The van der Waals surface area contributed by atoms with Gasteiger partial charge in [0.2, 0.25) is 0 Å². The fraction of sp³-hybridized carbons (Fsp3) is 0.357. The lowest BCUT2D eigenvalue weighted by molar-refractivity contribution is 0.0904. The Labute approximate surface area is 111 Å². The largest absolute Gasteiger partial charge is 0.382 e. The number of aromatic amines is 1. The summed E-state index contributed by atoms with van der Waals surface area (Å²) in [6, 6.07) is 8.37. The minimum atomic E-state index is -0.120. The van der Waals surface area contributed by atoms with Crippen molar-refractivity contribution < 1.29 is 4.74 Å². The van der Waals surface area contributed by atoms with Crippen LogP contribution in [0.2, 0.25) is 0 Å². The van der Waals surface area contributed by atoms with Crippen LogP contribution in [0, 0.1) is 0 Å². The van der Waals surface area contributed by atoms with E-state index in [1.807, 2.05) is 24.3 Å². The molecule has 2 N–H and O–H groups in total. The van der Waals surface area contributed by atoms with Gasteiger partial charge in [0, 0.05) is 37.3 Å². The second-order valence-corrected chi connectivity index (χ2v) is 4.71. The molecule has 0 unspecified atom stereocenters. The molecule has 3 rings (SSSR count). The van der Waals surface area contributed by atoms with E-state index in [1.165, 1.54) is 0 Å². The Morgan fingerprint density at radius 2 is 1.95 bits per heavy atom. The predicted molar refractivity (Wildman–Crippen MR) is 73.9 cm³/mol. The molecule has 5 nitrogen and oxygen atoms in total. The molecule has 1 aliphatic rings. The van der Waals surface area contributed by atoms with Crippen LogP contribution in [0.25, 0.3) is 5.69 Å². The van der Waals surface area contributed by atoms with Gasteiger partial charge in [-0.2, -0.15) is 0 Å². The maximum absolute atomic E-state index is 11.5. The Morgan fingerprint density at radius 3 is 2.58 bits per heavy atom. The number of benzene rings is 1. The maximum Gasteiger partial charge on any atom is 0.330 e. The van der Waals surface area contributed by atoms with Crippen molar-refractivity contribution in [1.29, 1.82) is 0 Å². The molecular weight excluding hydrogens is 242 g/mol. The molecule has 0 atom stereocenters. The normalized spacial score (nSPS) is 16.4. The molecule has 2 heterocycles. The summed E-state index contributed by atoms with van der Waals surface area (Å²) in [5, 5.41) is 3.49. The van der Waals surface area contributed by atoms with E-state index in [0.717, 1.165) is 37.4 Å². The summed E-state index contributed by atoms with van der Waals surface area (Å²) in [4.78, 5) is 14.1. The molecule has 0 spiro atoms. The van der Waals surface area contributed by atoms with Crippen LogP contribution < -0.4 is 11.0 Å². The van der Waals surface area contributed by atoms with Gasteiger partial charge in [-0.15, -0.1) is 0 Å². The van der Waals surface area contributed by atoms with Crippen molar-refractivity contribution in [2.75, 3.05) is 18.5 Å². The van der Waals surface area contributed by atoms with Gasteiger partial charge in [0.05, 0.1) is 5.69 Å². The van der Waals surface area contributed by atoms with Crippen LogP contribution >= 0.6 is 0 Å². The van der Waals surface area contributed by atoms with Crippen LogP contribution in [0.4, 0.5) is 5.69 Å². The van der Waals surface area contributed by atoms with E-state index in [2.05, 4.69) is 10.3 Å². The fourth-order valence-electron chi connectivity index (χ4n) is 2.32. The van der Waals surface area contributed by atoms with Crippen LogP contribution in [0.5, 0.6) is 0 Å². The maximum atomic E-state index is 11.5. The number of imidazole rings is 1. The number of nitrogens with zero attached hydrogens (tertiary/aromatic N) is 1. The quantitative estimate of drug-likeness (QED) is 0.883. The van der Waals surface area contributed by atoms with Gasteiger partial charge < -0.3 is 15.0 Å². The predicted octanol–water partition coefficient (Wildman–Crippen LogP) is 1.76. The number of ether oxygens (including phenoxy) is 1. The van der Waals surface area contributed by atoms with E-state index in [9.17, 15) is 4.79 Å². The fourth-order valence-corrected chi connectivity index (χ4v) is 2.32. The molecule has 0 amide bonds. The van der Waals surface area contributed by atoms with Gasteiger partial charge >= 0.3 is 5.69 Å². The summed E-state index contributed by atoms with van der Waals surface area (Å²) in [7, 11) is 0. The number of aromatic nitrogens is 2. The first kappa shape index (κ1) is 12.0. The topological polar surface area (TPSA) is 59.0 Å². The Balaban J connectivity index is 1.72. The van der Waals surface area contributed by atoms with Crippen molar-refractivity contribution in [1.82, 2.24) is 9.55 Å². The van der Waals surface area contributed by atoms with Gasteiger partial charge in [-0.3, -0.25) is 4.57 Å². The van der Waals surface area contributed by atoms with E-state index in [-0.39, 0.29) is 5.69 Å². The number of hydrogen-bond acceptors (Lipinski definition) is 3. The van der Waals surface area contributed by atoms with Gasteiger partial charge in [0.1, 0.15) is 0 Å². The first-order chi connectivity index (χ1) is 9.33. The van der Waals surface area contributed by atoms with Gasteiger partial charge in [-0.25, -0.2) is 4.79 Å². The lowest BCUT2D eigenvalue weighted by atomic mass is 10.1. The van der Waals surface area contributed by atoms with Crippen LogP contribution in [0.1, 0.15) is 12.8 Å². The molecule has 1 fully saturated rings. The van der Waals surface area contributed by atoms with E-state index in [1.54, 1.807) is 17.0 Å². The molecule has 1 aromatic carbocycles. The standard InChI is InChI=1S/C14H17N3O2/c18-14-15-7-8-17(14)13-3-1-11(2-4-13)16-12-5-9-19-10-6-12/h1-4,7-8,12,16H,5-6,9-10H2,(H,15,18). The third-order valence-corrected chi connectivity index (χ3v) is 3.39. The number of hydrogen-bond donors (Lipinski definition) is 2. The lowest BCUT2D eigenvalue weighted by Crippen LogP contribution is -2.27. The highest BCUT2D eigenvalue weighted by Gasteiger charge is 2.13. The highest BCUT2D eigenvalue weighted by atomic mass is 16.5.